The van der Waals surface area contributed by atoms with Crippen molar-refractivity contribution in [3.05, 3.63) is 29.5 Å². The molecule has 1 N–H and O–H groups in total. The van der Waals surface area contributed by atoms with Crippen molar-refractivity contribution in [2.45, 2.75) is 13.3 Å². The molecule has 0 aliphatic rings. The molecule has 0 amide bonds. The highest BCUT2D eigenvalue weighted by Gasteiger charge is 2.16. The average molecular weight is 291 g/mol. The zero-order chi connectivity index (χ0) is 13.2. The van der Waals surface area contributed by atoms with Gasteiger partial charge in [0.15, 0.2) is 15.9 Å². The van der Waals surface area contributed by atoms with Gasteiger partial charge < -0.3 is 9.73 Å². The Morgan fingerprint density at radius 1 is 1.37 bits per heavy atom. The van der Waals surface area contributed by atoms with E-state index in [4.69, 9.17) is 4.42 Å². The van der Waals surface area contributed by atoms with E-state index < -0.39 is 0 Å². The topological polar surface area (TPSA) is 51.0 Å². The van der Waals surface area contributed by atoms with Gasteiger partial charge in [-0.3, -0.25) is 0 Å². The van der Waals surface area contributed by atoms with Crippen molar-refractivity contribution in [1.82, 2.24) is 9.97 Å². The number of anilines is 1. The average Bonchev–Trinajstić information content (AvgIpc) is 3.16. The van der Waals surface area contributed by atoms with Crippen LogP contribution in [-0.2, 0) is 6.42 Å². The van der Waals surface area contributed by atoms with Crippen LogP contribution in [0.25, 0.3) is 21.3 Å². The third kappa shape index (κ3) is 2.29. The second-order valence-corrected chi connectivity index (χ2v) is 5.77. The first-order valence-corrected chi connectivity index (χ1v) is 7.68. The van der Waals surface area contributed by atoms with Crippen molar-refractivity contribution in [2.75, 3.05) is 12.4 Å². The number of aromatic nitrogens is 2. The number of thiazole rings is 2. The number of furan rings is 1. The summed E-state index contributed by atoms with van der Waals surface area (Å²) in [7, 11) is 1.88. The van der Waals surface area contributed by atoms with Gasteiger partial charge in [-0.1, -0.05) is 6.92 Å². The molecule has 98 valence electrons. The molecule has 3 rings (SSSR count). The molecular formula is C13H13N3OS2. The molecule has 0 fully saturated rings. The fourth-order valence-electron chi connectivity index (χ4n) is 1.79. The van der Waals surface area contributed by atoms with Gasteiger partial charge in [0.1, 0.15) is 0 Å². The van der Waals surface area contributed by atoms with Crippen LogP contribution in [0.3, 0.4) is 0 Å². The number of nitrogens with zero attached hydrogens (tertiary/aromatic N) is 2. The van der Waals surface area contributed by atoms with Crippen molar-refractivity contribution < 1.29 is 4.42 Å². The maximum absolute atomic E-state index is 5.41. The van der Waals surface area contributed by atoms with E-state index in [0.29, 0.717) is 0 Å². The van der Waals surface area contributed by atoms with Gasteiger partial charge in [0.25, 0.3) is 0 Å². The van der Waals surface area contributed by atoms with Crippen LogP contribution in [0.15, 0.2) is 28.2 Å². The minimum Gasteiger partial charge on any atom is -0.462 e. The molecule has 0 aliphatic heterocycles. The molecule has 0 aliphatic carbocycles. The normalized spacial score (nSPS) is 10.8. The lowest BCUT2D eigenvalue weighted by Crippen LogP contribution is -1.87. The minimum absolute atomic E-state index is 0.815. The van der Waals surface area contributed by atoms with E-state index in [0.717, 1.165) is 38.6 Å². The molecular weight excluding hydrogens is 278 g/mol. The number of aryl methyl sites for hydroxylation is 1. The zero-order valence-electron chi connectivity index (χ0n) is 10.6. The van der Waals surface area contributed by atoms with E-state index in [2.05, 4.69) is 27.6 Å². The van der Waals surface area contributed by atoms with Crippen LogP contribution >= 0.6 is 22.7 Å². The predicted octanol–water partition coefficient (Wildman–Crippen LogP) is 4.13. The highest BCUT2D eigenvalue weighted by atomic mass is 32.1. The fraction of sp³-hybridized carbons (Fsp3) is 0.231. The SMILES string of the molecule is CCc1nc(-c2ccco2)sc1-c1csc(NC)n1. The van der Waals surface area contributed by atoms with E-state index >= 15 is 0 Å². The Labute approximate surface area is 119 Å². The molecule has 0 bridgehead atoms. The summed E-state index contributed by atoms with van der Waals surface area (Å²) in [5, 5.41) is 6.96. The molecule has 3 heterocycles. The maximum Gasteiger partial charge on any atom is 0.182 e. The van der Waals surface area contributed by atoms with Crippen LogP contribution in [-0.4, -0.2) is 17.0 Å². The molecule has 0 unspecified atom stereocenters. The summed E-state index contributed by atoms with van der Waals surface area (Å²) in [6.07, 6.45) is 2.56. The summed E-state index contributed by atoms with van der Waals surface area (Å²) < 4.78 is 5.41. The van der Waals surface area contributed by atoms with E-state index in [1.165, 1.54) is 0 Å². The third-order valence-electron chi connectivity index (χ3n) is 2.71. The lowest BCUT2D eigenvalue weighted by atomic mass is 10.2. The van der Waals surface area contributed by atoms with E-state index in [1.54, 1.807) is 28.9 Å². The number of hydrogen-bond acceptors (Lipinski definition) is 6. The molecule has 0 radical (unpaired) electrons. The van der Waals surface area contributed by atoms with Crippen molar-refractivity contribution in [3.63, 3.8) is 0 Å². The summed E-state index contributed by atoms with van der Waals surface area (Å²) in [6.45, 7) is 2.11. The standard InChI is InChI=1S/C13H13N3OS2/c1-3-8-11(9-7-18-13(14-2)16-9)19-12(15-8)10-5-4-6-17-10/h4-7H,3H2,1-2H3,(H,14,16). The van der Waals surface area contributed by atoms with Gasteiger partial charge in [0.2, 0.25) is 0 Å². The van der Waals surface area contributed by atoms with Crippen LogP contribution in [0.2, 0.25) is 0 Å². The largest absolute Gasteiger partial charge is 0.462 e. The molecule has 0 saturated carbocycles. The monoisotopic (exact) mass is 291 g/mol. The first-order chi connectivity index (χ1) is 9.31. The van der Waals surface area contributed by atoms with Gasteiger partial charge >= 0.3 is 0 Å². The summed E-state index contributed by atoms with van der Waals surface area (Å²) in [6, 6.07) is 3.81. The third-order valence-corrected chi connectivity index (χ3v) is 4.71. The van der Waals surface area contributed by atoms with Crippen molar-refractivity contribution >= 4 is 27.8 Å². The Hall–Kier alpha value is -1.66. The maximum atomic E-state index is 5.41. The van der Waals surface area contributed by atoms with Crippen molar-refractivity contribution in [3.8, 4) is 21.3 Å². The molecule has 3 aromatic heterocycles. The molecule has 6 heteroatoms. The van der Waals surface area contributed by atoms with Crippen LogP contribution in [0, 0.1) is 0 Å². The van der Waals surface area contributed by atoms with Crippen molar-refractivity contribution in [2.24, 2.45) is 0 Å². The quantitative estimate of drug-likeness (QED) is 0.785. The smallest absolute Gasteiger partial charge is 0.182 e. The van der Waals surface area contributed by atoms with Crippen molar-refractivity contribution in [1.29, 1.82) is 0 Å². The molecule has 3 aromatic rings. The summed E-state index contributed by atoms with van der Waals surface area (Å²) in [5.74, 6) is 0.815. The first kappa shape index (κ1) is 12.4. The molecule has 0 spiro atoms. The Morgan fingerprint density at radius 2 is 2.26 bits per heavy atom. The highest BCUT2D eigenvalue weighted by Crippen LogP contribution is 2.37. The second-order valence-electron chi connectivity index (χ2n) is 3.91. The van der Waals surface area contributed by atoms with Gasteiger partial charge in [-0.05, 0) is 18.6 Å². The van der Waals surface area contributed by atoms with Gasteiger partial charge in [-0.2, -0.15) is 0 Å². The summed E-state index contributed by atoms with van der Waals surface area (Å²) in [5.41, 5.74) is 2.06. The highest BCUT2D eigenvalue weighted by molar-refractivity contribution is 7.19. The number of nitrogens with one attached hydrogen (secondary N) is 1. The number of rotatable bonds is 4. The van der Waals surface area contributed by atoms with Gasteiger partial charge in [0, 0.05) is 12.4 Å². The molecule has 0 aromatic carbocycles. The molecule has 19 heavy (non-hydrogen) atoms. The van der Waals surface area contributed by atoms with Gasteiger partial charge in [-0.15, -0.1) is 22.7 Å². The Morgan fingerprint density at radius 3 is 2.89 bits per heavy atom. The van der Waals surface area contributed by atoms with Crippen LogP contribution in [0.1, 0.15) is 12.6 Å². The van der Waals surface area contributed by atoms with Crippen LogP contribution < -0.4 is 5.32 Å². The predicted molar refractivity (Wildman–Crippen MR) is 79.8 cm³/mol. The Kier molecular flexibility index (Phi) is 3.35. The number of hydrogen-bond donors (Lipinski definition) is 1. The minimum atomic E-state index is 0.815. The molecule has 0 atom stereocenters. The van der Waals surface area contributed by atoms with E-state index in [-0.39, 0.29) is 0 Å². The second kappa shape index (κ2) is 5.14. The van der Waals surface area contributed by atoms with Gasteiger partial charge in [-0.25, -0.2) is 9.97 Å². The van der Waals surface area contributed by atoms with Crippen LogP contribution in [0.5, 0.6) is 0 Å². The zero-order valence-corrected chi connectivity index (χ0v) is 12.3. The fourth-order valence-corrected chi connectivity index (χ4v) is 3.61. The van der Waals surface area contributed by atoms with E-state index in [9.17, 15) is 0 Å². The summed E-state index contributed by atoms with van der Waals surface area (Å²) in [4.78, 5) is 10.3. The lowest BCUT2D eigenvalue weighted by Gasteiger charge is -1.94. The summed E-state index contributed by atoms with van der Waals surface area (Å²) >= 11 is 3.23. The first-order valence-electron chi connectivity index (χ1n) is 5.99. The van der Waals surface area contributed by atoms with Gasteiger partial charge in [0.05, 0.1) is 22.5 Å². The van der Waals surface area contributed by atoms with E-state index in [1.807, 2.05) is 19.2 Å². The van der Waals surface area contributed by atoms with Crippen LogP contribution in [0.4, 0.5) is 5.13 Å². The Balaban J connectivity index is 2.05. The molecule has 0 saturated heterocycles. The Bertz CT molecular complexity index is 670. The lowest BCUT2D eigenvalue weighted by molar-refractivity contribution is 0.581. The molecule has 4 nitrogen and oxygen atoms in total.